The van der Waals surface area contributed by atoms with Crippen LogP contribution in [0.3, 0.4) is 0 Å². The first-order chi connectivity index (χ1) is 17.8. The third kappa shape index (κ3) is 60.8. The van der Waals surface area contributed by atoms with Gasteiger partial charge in [-0.25, -0.2) is 0 Å². The van der Waals surface area contributed by atoms with Crippen molar-refractivity contribution in [3.05, 3.63) is 0 Å². The Morgan fingerprint density at radius 1 is 0.568 bits per heavy atom. The molecule has 226 valence electrons. The van der Waals surface area contributed by atoms with E-state index in [4.69, 9.17) is 35.7 Å². The van der Waals surface area contributed by atoms with Gasteiger partial charge in [0.25, 0.3) is 0 Å². The molecule has 0 fully saturated rings. The standard InChI is InChI=1S/C12H24O2.C8H16O2.C4H11NO2.C3H8O3/c1-2-3-4-5-6-7-8-9-10-11-12(13)14;1-2-3-4-5-6-7-8(9)10;6-3-1-5-2-4-7;4-1-3(6)2-5/h2-11H2,1H3,(H,13,14);2-7H2,1H3,(H,9,10);5-7H,1-4H2;3-6H,1-2H2. The molecule has 0 spiro atoms. The van der Waals surface area contributed by atoms with Gasteiger partial charge in [0.1, 0.15) is 6.10 Å². The Labute approximate surface area is 225 Å². The number of aliphatic carboxylic acids is 2. The average molecular weight is 542 g/mol. The predicted molar refractivity (Wildman–Crippen MR) is 148 cm³/mol. The van der Waals surface area contributed by atoms with Crippen LogP contribution in [0.2, 0.25) is 0 Å². The van der Waals surface area contributed by atoms with Crippen molar-refractivity contribution >= 4 is 11.9 Å². The Balaban J connectivity index is -0.000000208. The minimum atomic E-state index is -0.954. The maximum atomic E-state index is 10.2. The van der Waals surface area contributed by atoms with Crippen molar-refractivity contribution < 1.29 is 45.3 Å². The molecule has 0 aliphatic carbocycles. The van der Waals surface area contributed by atoms with Crippen LogP contribution in [0.1, 0.15) is 117 Å². The molecule has 0 aliphatic rings. The van der Waals surface area contributed by atoms with Gasteiger partial charge in [-0.3, -0.25) is 9.59 Å². The van der Waals surface area contributed by atoms with Gasteiger partial charge in [0.15, 0.2) is 0 Å². The lowest BCUT2D eigenvalue weighted by Crippen LogP contribution is -2.21. The molecular formula is C27H59NO9. The van der Waals surface area contributed by atoms with E-state index in [1.165, 1.54) is 64.2 Å². The van der Waals surface area contributed by atoms with E-state index >= 15 is 0 Å². The van der Waals surface area contributed by atoms with Crippen LogP contribution < -0.4 is 5.32 Å². The lowest BCUT2D eigenvalue weighted by atomic mass is 10.1. The van der Waals surface area contributed by atoms with Crippen LogP contribution >= 0.6 is 0 Å². The van der Waals surface area contributed by atoms with Gasteiger partial charge < -0.3 is 41.1 Å². The van der Waals surface area contributed by atoms with Crippen molar-refractivity contribution in [2.75, 3.05) is 39.5 Å². The Morgan fingerprint density at radius 3 is 1.08 bits per heavy atom. The summed E-state index contributed by atoms with van der Waals surface area (Å²) < 4.78 is 0. The largest absolute Gasteiger partial charge is 0.481 e. The van der Waals surface area contributed by atoms with Gasteiger partial charge in [0.05, 0.1) is 26.4 Å². The van der Waals surface area contributed by atoms with Crippen LogP contribution in [0.5, 0.6) is 0 Å². The number of carboxylic acid groups (broad SMARTS) is 2. The Morgan fingerprint density at radius 2 is 0.865 bits per heavy atom. The van der Waals surface area contributed by atoms with E-state index in [-0.39, 0.29) is 26.4 Å². The summed E-state index contributed by atoms with van der Waals surface area (Å²) in [5, 5.41) is 59.8. The second kappa shape index (κ2) is 41.8. The van der Waals surface area contributed by atoms with E-state index in [0.717, 1.165) is 25.7 Å². The van der Waals surface area contributed by atoms with E-state index in [0.29, 0.717) is 25.9 Å². The molecule has 0 bridgehead atoms. The molecule has 0 atom stereocenters. The van der Waals surface area contributed by atoms with E-state index < -0.39 is 18.0 Å². The predicted octanol–water partition coefficient (Wildman–Crippen LogP) is 3.32. The summed E-state index contributed by atoms with van der Waals surface area (Å²) in [6.45, 7) is 5.07. The van der Waals surface area contributed by atoms with Crippen LogP contribution in [0.15, 0.2) is 0 Å². The van der Waals surface area contributed by atoms with Crippen LogP contribution in [0.4, 0.5) is 0 Å². The zero-order valence-electron chi connectivity index (χ0n) is 23.6. The average Bonchev–Trinajstić information content (AvgIpc) is 2.88. The van der Waals surface area contributed by atoms with Crippen molar-refractivity contribution in [1.29, 1.82) is 0 Å². The van der Waals surface area contributed by atoms with Gasteiger partial charge in [-0.15, -0.1) is 0 Å². The molecule has 0 aromatic carbocycles. The summed E-state index contributed by atoms with van der Waals surface area (Å²) in [5.41, 5.74) is 0. The monoisotopic (exact) mass is 541 g/mol. The molecule has 0 saturated carbocycles. The van der Waals surface area contributed by atoms with Crippen LogP contribution in [0.25, 0.3) is 0 Å². The van der Waals surface area contributed by atoms with Crippen molar-refractivity contribution in [2.24, 2.45) is 0 Å². The van der Waals surface area contributed by atoms with Crippen LogP contribution in [0, 0.1) is 0 Å². The minimum Gasteiger partial charge on any atom is -0.481 e. The zero-order valence-corrected chi connectivity index (χ0v) is 23.6. The lowest BCUT2D eigenvalue weighted by Gasteiger charge is -2.00. The normalized spacial score (nSPS) is 9.95. The smallest absolute Gasteiger partial charge is 0.303 e. The van der Waals surface area contributed by atoms with Crippen molar-refractivity contribution in [2.45, 2.75) is 123 Å². The fourth-order valence-corrected chi connectivity index (χ4v) is 2.81. The highest BCUT2D eigenvalue weighted by atomic mass is 16.4. The fraction of sp³-hybridized carbons (Fsp3) is 0.926. The van der Waals surface area contributed by atoms with Crippen molar-refractivity contribution in [3.63, 3.8) is 0 Å². The summed E-state index contributed by atoms with van der Waals surface area (Å²) >= 11 is 0. The number of aliphatic hydroxyl groups excluding tert-OH is 5. The molecule has 10 nitrogen and oxygen atoms in total. The SMILES string of the molecule is CCCCCCCC(=O)O.CCCCCCCCCCCC(=O)O.OCC(O)CO.OCCNCCO. The van der Waals surface area contributed by atoms with E-state index in [9.17, 15) is 9.59 Å². The molecule has 0 rings (SSSR count). The number of hydrogen-bond acceptors (Lipinski definition) is 8. The van der Waals surface area contributed by atoms with Crippen LogP contribution in [-0.4, -0.2) is 93.3 Å². The Hall–Kier alpha value is -1.30. The highest BCUT2D eigenvalue weighted by molar-refractivity contribution is 5.66. The quantitative estimate of drug-likeness (QED) is 0.0944. The topological polar surface area (TPSA) is 188 Å². The van der Waals surface area contributed by atoms with Gasteiger partial charge in [-0.05, 0) is 12.8 Å². The molecule has 0 radical (unpaired) electrons. The van der Waals surface area contributed by atoms with E-state index in [1.54, 1.807) is 0 Å². The number of nitrogens with one attached hydrogen (secondary N) is 1. The molecule has 0 heterocycles. The highest BCUT2D eigenvalue weighted by Gasteiger charge is 1.97. The fourth-order valence-electron chi connectivity index (χ4n) is 2.81. The maximum absolute atomic E-state index is 10.2. The summed E-state index contributed by atoms with van der Waals surface area (Å²) in [7, 11) is 0. The molecule has 0 amide bonds. The molecule has 10 heteroatoms. The van der Waals surface area contributed by atoms with E-state index in [1.807, 2.05) is 0 Å². The zero-order chi connectivity index (χ0) is 29.0. The summed E-state index contributed by atoms with van der Waals surface area (Å²) in [6.07, 6.45) is 16.4. The minimum absolute atomic E-state index is 0.139. The molecule has 37 heavy (non-hydrogen) atoms. The van der Waals surface area contributed by atoms with Crippen molar-refractivity contribution in [1.82, 2.24) is 5.32 Å². The maximum Gasteiger partial charge on any atom is 0.303 e. The molecule has 0 unspecified atom stereocenters. The first kappa shape index (κ1) is 42.8. The van der Waals surface area contributed by atoms with Gasteiger partial charge in [-0.2, -0.15) is 0 Å². The Bertz CT molecular complexity index is 419. The summed E-state index contributed by atoms with van der Waals surface area (Å²) in [4.78, 5) is 20.2. The molecular weight excluding hydrogens is 482 g/mol. The number of rotatable bonds is 22. The van der Waals surface area contributed by atoms with Gasteiger partial charge in [0, 0.05) is 25.9 Å². The summed E-state index contributed by atoms with van der Waals surface area (Å²) in [6, 6.07) is 0. The molecule has 0 aliphatic heterocycles. The molecule has 0 saturated heterocycles. The number of hydrogen-bond donors (Lipinski definition) is 8. The second-order valence-electron chi connectivity index (χ2n) is 8.75. The third-order valence-corrected chi connectivity index (χ3v) is 4.99. The molecule has 8 N–H and O–H groups in total. The third-order valence-electron chi connectivity index (χ3n) is 4.99. The van der Waals surface area contributed by atoms with Gasteiger partial charge in [-0.1, -0.05) is 90.9 Å². The highest BCUT2D eigenvalue weighted by Crippen LogP contribution is 2.10. The number of carbonyl (C=O) groups is 2. The second-order valence-corrected chi connectivity index (χ2v) is 8.75. The van der Waals surface area contributed by atoms with Gasteiger partial charge in [0.2, 0.25) is 0 Å². The number of carboxylic acids is 2. The molecule has 0 aromatic heterocycles. The lowest BCUT2D eigenvalue weighted by molar-refractivity contribution is -0.138. The first-order valence-corrected chi connectivity index (χ1v) is 14.0. The number of unbranched alkanes of at least 4 members (excludes halogenated alkanes) is 12. The van der Waals surface area contributed by atoms with Crippen LogP contribution in [-0.2, 0) is 9.59 Å². The number of aliphatic hydroxyl groups is 5. The first-order valence-electron chi connectivity index (χ1n) is 14.0. The summed E-state index contributed by atoms with van der Waals surface area (Å²) in [5.74, 6) is -1.33. The van der Waals surface area contributed by atoms with Gasteiger partial charge >= 0.3 is 11.9 Å². The van der Waals surface area contributed by atoms with E-state index in [2.05, 4.69) is 19.2 Å². The molecule has 0 aromatic rings. The Kier molecular flexibility index (Phi) is 48.3. The van der Waals surface area contributed by atoms with Crippen molar-refractivity contribution in [3.8, 4) is 0 Å².